The lowest BCUT2D eigenvalue weighted by atomic mass is 9.95. The molecule has 98 valence electrons. The number of hydrogen-bond acceptors (Lipinski definition) is 2. The van der Waals surface area contributed by atoms with Crippen LogP contribution in [0.5, 0.6) is 0 Å². The zero-order chi connectivity index (χ0) is 13.6. The van der Waals surface area contributed by atoms with Gasteiger partial charge in [-0.3, -0.25) is 9.89 Å². The molecule has 1 unspecified atom stereocenters. The number of aromatic amines is 1. The molecule has 1 aromatic heterocycles. The van der Waals surface area contributed by atoms with Crippen LogP contribution in [0.4, 0.5) is 0 Å². The molecule has 2 heterocycles. The molecule has 1 atom stereocenters. The Balaban J connectivity index is 2.10. The highest BCUT2D eigenvalue weighted by atomic mass is 16.2. The summed E-state index contributed by atoms with van der Waals surface area (Å²) in [4.78, 5) is 12.0. The van der Waals surface area contributed by atoms with Crippen molar-refractivity contribution in [3.63, 3.8) is 0 Å². The van der Waals surface area contributed by atoms with Gasteiger partial charge in [0, 0.05) is 11.3 Å². The average molecular weight is 255 g/mol. The number of amides is 1. The Hall–Kier alpha value is -2.10. The van der Waals surface area contributed by atoms with Crippen LogP contribution < -0.4 is 5.32 Å². The highest BCUT2D eigenvalue weighted by Crippen LogP contribution is 2.35. The van der Waals surface area contributed by atoms with Crippen molar-refractivity contribution in [1.82, 2.24) is 15.5 Å². The molecule has 2 aromatic rings. The van der Waals surface area contributed by atoms with Crippen molar-refractivity contribution in [2.24, 2.45) is 0 Å². The minimum atomic E-state index is -0.0938. The van der Waals surface area contributed by atoms with Crippen LogP contribution in [0.25, 0.3) is 0 Å². The number of nitrogens with zero attached hydrogens (tertiary/aromatic N) is 1. The third-order valence-electron chi connectivity index (χ3n) is 3.60. The molecular weight excluding hydrogens is 238 g/mol. The van der Waals surface area contributed by atoms with Crippen molar-refractivity contribution in [2.45, 2.75) is 32.7 Å². The van der Waals surface area contributed by atoms with E-state index in [4.69, 9.17) is 0 Å². The zero-order valence-electron chi connectivity index (χ0n) is 11.3. The molecule has 1 aromatic carbocycles. The number of aromatic nitrogens is 2. The van der Waals surface area contributed by atoms with Gasteiger partial charge in [-0.1, -0.05) is 43.7 Å². The second-order valence-electron chi connectivity index (χ2n) is 5.37. The average Bonchev–Trinajstić information content (AvgIpc) is 2.92. The first kappa shape index (κ1) is 12.0. The summed E-state index contributed by atoms with van der Waals surface area (Å²) in [5.74, 6) is 0.223. The molecule has 0 fully saturated rings. The van der Waals surface area contributed by atoms with E-state index in [9.17, 15) is 4.79 Å². The van der Waals surface area contributed by atoms with Crippen LogP contribution >= 0.6 is 0 Å². The van der Waals surface area contributed by atoms with Gasteiger partial charge in [-0.05, 0) is 18.4 Å². The topological polar surface area (TPSA) is 57.8 Å². The number of rotatable bonds is 2. The fraction of sp³-hybridized carbons (Fsp3) is 0.333. The number of carbonyl (C=O) groups excluding carboxylic acids is 1. The Morgan fingerprint density at radius 3 is 2.53 bits per heavy atom. The Morgan fingerprint density at radius 1 is 1.21 bits per heavy atom. The second kappa shape index (κ2) is 4.23. The van der Waals surface area contributed by atoms with E-state index in [1.165, 1.54) is 5.56 Å². The molecule has 2 N–H and O–H groups in total. The van der Waals surface area contributed by atoms with E-state index in [1.807, 2.05) is 0 Å². The van der Waals surface area contributed by atoms with E-state index >= 15 is 0 Å². The number of aryl methyl sites for hydroxylation is 1. The number of fused-ring (bicyclic) bond motifs is 1. The second-order valence-corrected chi connectivity index (χ2v) is 5.37. The van der Waals surface area contributed by atoms with E-state index in [0.717, 1.165) is 16.8 Å². The molecule has 3 rings (SSSR count). The summed E-state index contributed by atoms with van der Waals surface area (Å²) in [5.41, 5.74) is 4.89. The normalized spacial score (nSPS) is 17.7. The molecule has 0 bridgehead atoms. The summed E-state index contributed by atoms with van der Waals surface area (Å²) in [7, 11) is 0. The minimum absolute atomic E-state index is 0.0840. The molecule has 0 aliphatic carbocycles. The number of H-pyrrole nitrogens is 1. The van der Waals surface area contributed by atoms with E-state index in [0.29, 0.717) is 11.6 Å². The first-order valence-corrected chi connectivity index (χ1v) is 6.53. The molecule has 19 heavy (non-hydrogen) atoms. The van der Waals surface area contributed by atoms with Crippen LogP contribution in [0.1, 0.15) is 58.7 Å². The van der Waals surface area contributed by atoms with Crippen LogP contribution in [-0.4, -0.2) is 16.1 Å². The van der Waals surface area contributed by atoms with Crippen molar-refractivity contribution < 1.29 is 4.79 Å². The molecule has 4 nitrogen and oxygen atoms in total. The molecule has 0 spiro atoms. The summed E-state index contributed by atoms with van der Waals surface area (Å²) in [6, 6.07) is 8.17. The molecule has 0 saturated carbocycles. The highest BCUT2D eigenvalue weighted by Gasteiger charge is 2.35. The maximum absolute atomic E-state index is 12.0. The Labute approximate surface area is 112 Å². The van der Waals surface area contributed by atoms with Gasteiger partial charge in [-0.25, -0.2) is 0 Å². The van der Waals surface area contributed by atoms with Crippen LogP contribution in [-0.2, 0) is 0 Å². The van der Waals surface area contributed by atoms with Gasteiger partial charge in [0.15, 0.2) is 5.69 Å². The predicted molar refractivity (Wildman–Crippen MR) is 73.2 cm³/mol. The minimum Gasteiger partial charge on any atom is -0.340 e. The van der Waals surface area contributed by atoms with Gasteiger partial charge in [0.1, 0.15) is 0 Å². The summed E-state index contributed by atoms with van der Waals surface area (Å²) in [6.45, 7) is 6.26. The zero-order valence-corrected chi connectivity index (χ0v) is 11.3. The first-order valence-electron chi connectivity index (χ1n) is 6.53. The molecule has 1 amide bonds. The van der Waals surface area contributed by atoms with Gasteiger partial charge in [-0.2, -0.15) is 5.10 Å². The van der Waals surface area contributed by atoms with Crippen molar-refractivity contribution in [2.75, 3.05) is 0 Å². The maximum Gasteiger partial charge on any atom is 0.272 e. The third-order valence-corrected chi connectivity index (χ3v) is 3.60. The molecule has 1 aliphatic heterocycles. The molecule has 0 saturated heterocycles. The predicted octanol–water partition coefficient (Wildman–Crippen LogP) is 2.67. The molecule has 1 aliphatic rings. The number of benzene rings is 1. The van der Waals surface area contributed by atoms with E-state index in [1.54, 1.807) is 0 Å². The fourth-order valence-electron chi connectivity index (χ4n) is 2.55. The number of nitrogens with one attached hydrogen (secondary N) is 2. The van der Waals surface area contributed by atoms with Gasteiger partial charge in [0.05, 0.1) is 6.04 Å². The van der Waals surface area contributed by atoms with Gasteiger partial charge in [0.25, 0.3) is 5.91 Å². The van der Waals surface area contributed by atoms with E-state index in [-0.39, 0.29) is 11.9 Å². The Kier molecular flexibility index (Phi) is 2.66. The summed E-state index contributed by atoms with van der Waals surface area (Å²) in [6.07, 6.45) is 0. The SMILES string of the molecule is Cc1ccc(C2NC(=O)c3n[nH]c(C(C)C)c32)cc1. The van der Waals surface area contributed by atoms with Gasteiger partial charge >= 0.3 is 0 Å². The van der Waals surface area contributed by atoms with Crippen LogP contribution in [0.3, 0.4) is 0 Å². The lowest BCUT2D eigenvalue weighted by molar-refractivity contribution is 0.0955. The van der Waals surface area contributed by atoms with Gasteiger partial charge in [0.2, 0.25) is 0 Å². The highest BCUT2D eigenvalue weighted by molar-refractivity contribution is 5.98. The standard InChI is InChI=1S/C15H17N3O/c1-8(2)12-11-13(10-6-4-9(3)5-7-10)16-15(19)14(11)18-17-12/h4-8,13H,1-3H3,(H,16,19)(H,17,18). The van der Waals surface area contributed by atoms with Crippen molar-refractivity contribution >= 4 is 5.91 Å². The number of carbonyl (C=O) groups is 1. The summed E-state index contributed by atoms with van der Waals surface area (Å²) >= 11 is 0. The smallest absolute Gasteiger partial charge is 0.272 e. The summed E-state index contributed by atoms with van der Waals surface area (Å²) in [5, 5.41) is 10.2. The Morgan fingerprint density at radius 2 is 1.89 bits per heavy atom. The monoisotopic (exact) mass is 255 g/mol. The van der Waals surface area contributed by atoms with Crippen molar-refractivity contribution in [1.29, 1.82) is 0 Å². The van der Waals surface area contributed by atoms with Crippen molar-refractivity contribution in [3.8, 4) is 0 Å². The largest absolute Gasteiger partial charge is 0.340 e. The fourth-order valence-corrected chi connectivity index (χ4v) is 2.55. The van der Waals surface area contributed by atoms with E-state index < -0.39 is 0 Å². The first-order chi connectivity index (χ1) is 9.08. The van der Waals surface area contributed by atoms with Gasteiger partial charge < -0.3 is 5.32 Å². The summed E-state index contributed by atoms with van der Waals surface area (Å²) < 4.78 is 0. The quantitative estimate of drug-likeness (QED) is 0.866. The van der Waals surface area contributed by atoms with Crippen LogP contribution in [0, 0.1) is 6.92 Å². The van der Waals surface area contributed by atoms with E-state index in [2.05, 4.69) is 60.6 Å². The number of hydrogen-bond donors (Lipinski definition) is 2. The molecule has 4 heteroatoms. The van der Waals surface area contributed by atoms with Crippen molar-refractivity contribution in [3.05, 3.63) is 52.3 Å². The van der Waals surface area contributed by atoms with Crippen LogP contribution in [0.15, 0.2) is 24.3 Å². The van der Waals surface area contributed by atoms with Crippen LogP contribution in [0.2, 0.25) is 0 Å². The van der Waals surface area contributed by atoms with Gasteiger partial charge in [-0.15, -0.1) is 0 Å². The Bertz CT molecular complexity index is 625. The maximum atomic E-state index is 12.0. The molecule has 0 radical (unpaired) electrons. The lowest BCUT2D eigenvalue weighted by Crippen LogP contribution is -2.21. The lowest BCUT2D eigenvalue weighted by Gasteiger charge is -2.15. The molecular formula is C15H17N3O. The third kappa shape index (κ3) is 1.84.